The topological polar surface area (TPSA) is 0 Å². The van der Waals surface area contributed by atoms with Crippen molar-refractivity contribution in [3.8, 4) is 0 Å². The molecule has 0 nitrogen and oxygen atoms in total. The Labute approximate surface area is 116 Å². The molecule has 2 rings (SSSR count). The summed E-state index contributed by atoms with van der Waals surface area (Å²) in [5, 5.41) is 0. The van der Waals surface area contributed by atoms with Crippen LogP contribution in [0.4, 0.5) is 0 Å². The van der Waals surface area contributed by atoms with Crippen LogP contribution in [0, 0.1) is 0 Å². The molecule has 0 atom stereocenters. The fourth-order valence-corrected chi connectivity index (χ4v) is 2.19. The molecule has 0 radical (unpaired) electrons. The van der Waals surface area contributed by atoms with Gasteiger partial charge >= 0.3 is 0 Å². The fourth-order valence-electron chi connectivity index (χ4n) is 1.74. The summed E-state index contributed by atoms with van der Waals surface area (Å²) in [4.78, 5) is 0. The number of hydrogen-bond acceptors (Lipinski definition) is 0. The second-order valence-electron chi connectivity index (χ2n) is 5.36. The van der Waals surface area contributed by atoms with E-state index in [0.717, 1.165) is 5.57 Å². The van der Waals surface area contributed by atoms with Crippen LogP contribution in [-0.4, -0.2) is 25.4 Å². The second-order valence-corrected chi connectivity index (χ2v) is 9.60. The molecule has 1 heteroatoms. The molecule has 2 aromatic rings. The van der Waals surface area contributed by atoms with Gasteiger partial charge in [-0.1, -0.05) is 78.7 Å². The van der Waals surface area contributed by atoms with Crippen molar-refractivity contribution in [3.05, 3.63) is 77.5 Å². The molecular formula is C18H19P. The lowest BCUT2D eigenvalue weighted by molar-refractivity contribution is 1.56. The van der Waals surface area contributed by atoms with Crippen LogP contribution in [0.15, 0.2) is 66.4 Å². The maximum Gasteiger partial charge on any atom is 0.0393 e. The summed E-state index contributed by atoms with van der Waals surface area (Å²) in [6.45, 7) is 5.64. The molecule has 0 bridgehead atoms. The van der Waals surface area contributed by atoms with Crippen LogP contribution in [0.1, 0.15) is 11.1 Å². The van der Waals surface area contributed by atoms with Gasteiger partial charge in [-0.2, -0.15) is 0 Å². The third-order valence-corrected chi connectivity index (χ3v) is 3.42. The minimum absolute atomic E-state index is 1.09. The Balaban J connectivity index is 2.71. The first-order chi connectivity index (χ1) is 9.06. The van der Waals surface area contributed by atoms with Crippen molar-refractivity contribution in [2.24, 2.45) is 0 Å². The van der Waals surface area contributed by atoms with E-state index in [2.05, 4.69) is 79.7 Å². The third-order valence-electron chi connectivity index (χ3n) is 2.64. The average Bonchev–Trinajstić information content (AvgIpc) is 2.40. The summed E-state index contributed by atoms with van der Waals surface area (Å²) in [7, 11) is 0. The van der Waals surface area contributed by atoms with E-state index < -0.39 is 6.89 Å². The highest BCUT2D eigenvalue weighted by Crippen LogP contribution is 2.30. The third kappa shape index (κ3) is 4.16. The van der Waals surface area contributed by atoms with Gasteiger partial charge in [0, 0.05) is 5.57 Å². The Morgan fingerprint density at radius 2 is 1.16 bits per heavy atom. The zero-order valence-electron chi connectivity index (χ0n) is 11.7. The minimum Gasteiger partial charge on any atom is -0.0770 e. The molecule has 0 aliphatic carbocycles. The van der Waals surface area contributed by atoms with Crippen molar-refractivity contribution < 1.29 is 0 Å². The molecule has 0 unspecified atom stereocenters. The molecule has 0 N–H and O–H groups in total. The van der Waals surface area contributed by atoms with Crippen LogP contribution in [-0.2, 0) is 0 Å². The number of benzene rings is 2. The number of rotatable bonds is 2. The van der Waals surface area contributed by atoms with Crippen molar-refractivity contribution in [1.29, 1.82) is 0 Å². The monoisotopic (exact) mass is 266 g/mol. The van der Waals surface area contributed by atoms with E-state index in [-0.39, 0.29) is 0 Å². The highest BCUT2D eigenvalue weighted by Gasteiger charge is 2.02. The van der Waals surface area contributed by atoms with Gasteiger partial charge in [-0.25, -0.2) is 0 Å². The lowest BCUT2D eigenvalue weighted by Gasteiger charge is -2.05. The molecule has 19 heavy (non-hydrogen) atoms. The van der Waals surface area contributed by atoms with E-state index >= 15 is 0 Å². The summed E-state index contributed by atoms with van der Waals surface area (Å²) in [5.41, 5.74) is 10.4. The summed E-state index contributed by atoms with van der Waals surface area (Å²) < 4.78 is 0. The predicted octanol–water partition coefficient (Wildman–Crippen LogP) is 4.58. The fraction of sp³-hybridized carbons (Fsp3) is 0.167. The van der Waals surface area contributed by atoms with Gasteiger partial charge in [0.1, 0.15) is 0 Å². The SMILES string of the molecule is CP(C)(C)=C=C=C(c1ccccc1)c1ccccc1. The van der Waals surface area contributed by atoms with Gasteiger partial charge in [0.25, 0.3) is 0 Å². The van der Waals surface area contributed by atoms with Crippen molar-refractivity contribution in [1.82, 2.24) is 0 Å². The Morgan fingerprint density at radius 1 is 0.737 bits per heavy atom. The molecule has 0 saturated carbocycles. The van der Waals surface area contributed by atoms with E-state index in [4.69, 9.17) is 0 Å². The van der Waals surface area contributed by atoms with Crippen LogP contribution >= 0.6 is 6.89 Å². The van der Waals surface area contributed by atoms with E-state index in [0.29, 0.717) is 0 Å². The Hall–Kier alpha value is -1.70. The Bertz CT molecular complexity index is 612. The van der Waals surface area contributed by atoms with Gasteiger partial charge in [-0.3, -0.25) is 0 Å². The smallest absolute Gasteiger partial charge is 0.0393 e. The quantitative estimate of drug-likeness (QED) is 0.551. The maximum absolute atomic E-state index is 3.44. The van der Waals surface area contributed by atoms with Gasteiger partial charge in [0.05, 0.1) is 0 Å². The normalized spacial score (nSPS) is 10.5. The standard InChI is InChI=1S/C18H19P/c1-19(2,3)15-14-18(16-10-6-4-7-11-16)17-12-8-5-9-13-17/h4-13H,1-3H3. The molecule has 0 spiro atoms. The van der Waals surface area contributed by atoms with E-state index in [1.807, 2.05) is 12.1 Å². The van der Waals surface area contributed by atoms with E-state index in [1.165, 1.54) is 11.1 Å². The lowest BCUT2D eigenvalue weighted by Crippen LogP contribution is -1.85. The number of hydrogen-bond donors (Lipinski definition) is 0. The van der Waals surface area contributed by atoms with Crippen LogP contribution < -0.4 is 0 Å². The minimum atomic E-state index is -1.09. The van der Waals surface area contributed by atoms with Crippen LogP contribution in [0.2, 0.25) is 0 Å². The van der Waals surface area contributed by atoms with Gasteiger partial charge < -0.3 is 0 Å². The zero-order chi connectivity index (χ0) is 13.7. The largest absolute Gasteiger partial charge is 0.0770 e. The molecule has 0 aromatic heterocycles. The van der Waals surface area contributed by atoms with Gasteiger partial charge in [-0.15, -0.1) is 0 Å². The lowest BCUT2D eigenvalue weighted by atomic mass is 9.99. The molecule has 0 amide bonds. The first kappa shape index (κ1) is 13.7. The van der Waals surface area contributed by atoms with Crippen molar-refractivity contribution in [2.45, 2.75) is 0 Å². The van der Waals surface area contributed by atoms with E-state index in [9.17, 15) is 0 Å². The molecule has 96 valence electrons. The molecular weight excluding hydrogens is 247 g/mol. The zero-order valence-corrected chi connectivity index (χ0v) is 12.6. The Morgan fingerprint density at radius 3 is 1.53 bits per heavy atom. The van der Waals surface area contributed by atoms with Crippen molar-refractivity contribution in [2.75, 3.05) is 20.0 Å². The summed E-state index contributed by atoms with van der Waals surface area (Å²) >= 11 is 0. The predicted molar refractivity (Wildman–Crippen MR) is 88.6 cm³/mol. The van der Waals surface area contributed by atoms with Gasteiger partial charge in [-0.05, 0) is 31.1 Å². The molecule has 0 heterocycles. The van der Waals surface area contributed by atoms with Crippen molar-refractivity contribution >= 4 is 17.9 Å². The molecule has 0 aliphatic rings. The highest BCUT2D eigenvalue weighted by molar-refractivity contribution is 7.72. The van der Waals surface area contributed by atoms with Gasteiger partial charge in [0.15, 0.2) is 0 Å². The van der Waals surface area contributed by atoms with Gasteiger partial charge in [0.2, 0.25) is 0 Å². The molecule has 0 aliphatic heterocycles. The first-order valence-electron chi connectivity index (χ1n) is 6.39. The first-order valence-corrected chi connectivity index (χ1v) is 9.52. The van der Waals surface area contributed by atoms with Crippen molar-refractivity contribution in [3.63, 3.8) is 0 Å². The highest BCUT2D eigenvalue weighted by atomic mass is 31.2. The summed E-state index contributed by atoms with van der Waals surface area (Å²) in [6.07, 6.45) is 0. The second kappa shape index (κ2) is 5.96. The van der Waals surface area contributed by atoms with Crippen LogP contribution in [0.5, 0.6) is 0 Å². The van der Waals surface area contributed by atoms with Crippen LogP contribution in [0.25, 0.3) is 5.57 Å². The molecule has 0 saturated heterocycles. The van der Waals surface area contributed by atoms with E-state index in [1.54, 1.807) is 0 Å². The van der Waals surface area contributed by atoms with Crippen LogP contribution in [0.3, 0.4) is 0 Å². The average molecular weight is 266 g/mol. The maximum atomic E-state index is 3.44. The summed E-state index contributed by atoms with van der Waals surface area (Å²) in [5.74, 6) is 0. The summed E-state index contributed by atoms with van der Waals surface area (Å²) in [6, 6.07) is 20.8. The molecule has 2 aromatic carbocycles. The Kier molecular flexibility index (Phi) is 4.31. The molecule has 0 fully saturated rings.